The van der Waals surface area contributed by atoms with Crippen LogP contribution < -0.4 is 10.6 Å². The molecule has 0 aliphatic heterocycles. The zero-order valence-electron chi connectivity index (χ0n) is 14.3. The number of nitrogens with zero attached hydrogens (tertiary/aromatic N) is 1. The fourth-order valence-corrected chi connectivity index (χ4v) is 2.63. The highest BCUT2D eigenvalue weighted by Gasteiger charge is 2.03. The van der Waals surface area contributed by atoms with E-state index in [9.17, 15) is 4.39 Å². The molecule has 2 aromatic carbocycles. The zero-order valence-corrected chi connectivity index (χ0v) is 16.6. The van der Waals surface area contributed by atoms with E-state index in [0.717, 1.165) is 16.8 Å². The summed E-state index contributed by atoms with van der Waals surface area (Å²) < 4.78 is 13.3. The molecule has 1 aromatic heterocycles. The molecule has 25 heavy (non-hydrogen) atoms. The number of guanidine groups is 1. The minimum Gasteiger partial charge on any atom is -0.357 e. The number of benzene rings is 2. The number of para-hydroxylation sites is 1. The Morgan fingerprint density at radius 2 is 1.84 bits per heavy atom. The molecular weight excluding hydrogens is 430 g/mol. The summed E-state index contributed by atoms with van der Waals surface area (Å²) in [7, 11) is 1.73. The number of fused-ring (bicyclic) bond motifs is 1. The molecule has 0 saturated heterocycles. The molecule has 0 radical (unpaired) electrons. The first-order valence-electron chi connectivity index (χ1n) is 7.92. The van der Waals surface area contributed by atoms with Crippen LogP contribution in [0.15, 0.2) is 53.5 Å². The summed E-state index contributed by atoms with van der Waals surface area (Å²) >= 11 is 0. The topological polar surface area (TPSA) is 52.2 Å². The van der Waals surface area contributed by atoms with E-state index in [0.29, 0.717) is 24.6 Å². The minimum absolute atomic E-state index is 0. The summed E-state index contributed by atoms with van der Waals surface area (Å²) in [5.74, 6) is 0.524. The second-order valence-corrected chi connectivity index (χ2v) is 5.74. The lowest BCUT2D eigenvalue weighted by Gasteiger charge is -2.12. The lowest BCUT2D eigenvalue weighted by atomic mass is 10.1. The number of aromatic amines is 1. The average Bonchev–Trinajstić information content (AvgIpc) is 3.01. The quantitative estimate of drug-likeness (QED) is 0.317. The predicted octanol–water partition coefficient (Wildman–Crippen LogP) is 4.10. The molecule has 1 heterocycles. The summed E-state index contributed by atoms with van der Waals surface area (Å²) in [4.78, 5) is 7.59. The second kappa shape index (κ2) is 8.84. The molecule has 4 nitrogen and oxygen atoms in total. The van der Waals surface area contributed by atoms with Gasteiger partial charge in [0.2, 0.25) is 0 Å². The number of hydrogen-bond acceptors (Lipinski definition) is 1. The van der Waals surface area contributed by atoms with Gasteiger partial charge in [-0.1, -0.05) is 30.3 Å². The van der Waals surface area contributed by atoms with E-state index >= 15 is 0 Å². The van der Waals surface area contributed by atoms with Crippen LogP contribution >= 0.6 is 24.0 Å². The van der Waals surface area contributed by atoms with Crippen molar-refractivity contribution in [3.05, 3.63) is 71.2 Å². The molecule has 0 unspecified atom stereocenters. The molecule has 0 saturated carbocycles. The molecule has 0 atom stereocenters. The third-order valence-corrected chi connectivity index (χ3v) is 3.94. The molecule has 0 spiro atoms. The lowest BCUT2D eigenvalue weighted by molar-refractivity contribution is 0.617. The molecule has 3 rings (SSSR count). The van der Waals surface area contributed by atoms with Crippen molar-refractivity contribution >= 4 is 40.8 Å². The van der Waals surface area contributed by atoms with Crippen LogP contribution in [-0.2, 0) is 13.1 Å². The Morgan fingerprint density at radius 1 is 1.08 bits per heavy atom. The summed E-state index contributed by atoms with van der Waals surface area (Å²) in [6, 6.07) is 15.4. The van der Waals surface area contributed by atoms with Crippen LogP contribution in [0.1, 0.15) is 16.8 Å². The molecule has 3 aromatic rings. The van der Waals surface area contributed by atoms with Crippen LogP contribution in [0.4, 0.5) is 4.39 Å². The van der Waals surface area contributed by atoms with Crippen molar-refractivity contribution in [2.75, 3.05) is 7.05 Å². The van der Waals surface area contributed by atoms with Gasteiger partial charge in [0.05, 0.1) is 6.54 Å². The third-order valence-electron chi connectivity index (χ3n) is 3.94. The van der Waals surface area contributed by atoms with Crippen LogP contribution in [-0.4, -0.2) is 18.0 Å². The standard InChI is InChI=1S/C19H21FN4.HI/c1-13-9-14(7-8-17(13)20)11-22-19(21-2)23-12-16-10-15-5-3-4-6-18(15)24-16;/h3-10,24H,11-12H2,1-2H3,(H2,21,22,23);1H. The Balaban J connectivity index is 0.00000225. The highest BCUT2D eigenvalue weighted by atomic mass is 127. The summed E-state index contributed by atoms with van der Waals surface area (Å²) in [6.07, 6.45) is 0. The normalized spacial score (nSPS) is 11.2. The van der Waals surface area contributed by atoms with E-state index in [-0.39, 0.29) is 29.8 Å². The van der Waals surface area contributed by atoms with Gasteiger partial charge in [0.1, 0.15) is 5.82 Å². The SMILES string of the molecule is CN=C(NCc1ccc(F)c(C)c1)NCc1cc2ccccc2[nH]1.I. The number of aliphatic imine (C=N–C) groups is 1. The van der Waals surface area contributed by atoms with Gasteiger partial charge in [-0.05, 0) is 41.6 Å². The van der Waals surface area contributed by atoms with Crippen molar-refractivity contribution in [3.63, 3.8) is 0 Å². The molecule has 0 aliphatic carbocycles. The van der Waals surface area contributed by atoms with Crippen LogP contribution in [0.5, 0.6) is 0 Å². The summed E-state index contributed by atoms with van der Waals surface area (Å²) in [6.45, 7) is 3.01. The van der Waals surface area contributed by atoms with E-state index in [1.165, 1.54) is 11.5 Å². The monoisotopic (exact) mass is 452 g/mol. The first-order valence-corrected chi connectivity index (χ1v) is 7.92. The van der Waals surface area contributed by atoms with Gasteiger partial charge >= 0.3 is 0 Å². The number of H-pyrrole nitrogens is 1. The maximum absolute atomic E-state index is 13.3. The van der Waals surface area contributed by atoms with Crippen molar-refractivity contribution in [2.24, 2.45) is 4.99 Å². The van der Waals surface area contributed by atoms with Gasteiger partial charge in [0, 0.05) is 24.8 Å². The molecule has 6 heteroatoms. The van der Waals surface area contributed by atoms with E-state index in [1.54, 1.807) is 20.0 Å². The zero-order chi connectivity index (χ0) is 16.9. The Hall–Kier alpha value is -2.09. The molecule has 0 aliphatic rings. The Bertz CT molecular complexity index is 840. The molecule has 3 N–H and O–H groups in total. The van der Waals surface area contributed by atoms with E-state index < -0.39 is 0 Å². The van der Waals surface area contributed by atoms with Crippen molar-refractivity contribution in [3.8, 4) is 0 Å². The maximum atomic E-state index is 13.3. The fraction of sp³-hybridized carbons (Fsp3) is 0.211. The van der Waals surface area contributed by atoms with Crippen LogP contribution in [0.3, 0.4) is 0 Å². The van der Waals surface area contributed by atoms with E-state index in [1.807, 2.05) is 18.2 Å². The lowest BCUT2D eigenvalue weighted by Crippen LogP contribution is -2.36. The Morgan fingerprint density at radius 3 is 2.56 bits per heavy atom. The third kappa shape index (κ3) is 4.94. The van der Waals surface area contributed by atoms with Crippen LogP contribution in [0, 0.1) is 12.7 Å². The van der Waals surface area contributed by atoms with Gasteiger partial charge in [-0.2, -0.15) is 0 Å². The molecule has 0 bridgehead atoms. The van der Waals surface area contributed by atoms with Gasteiger partial charge in [-0.25, -0.2) is 4.39 Å². The first kappa shape index (κ1) is 19.2. The Labute approximate surface area is 164 Å². The number of halogens is 2. The highest BCUT2D eigenvalue weighted by Crippen LogP contribution is 2.14. The molecular formula is C19H22FIN4. The summed E-state index contributed by atoms with van der Waals surface area (Å²) in [5.41, 5.74) is 3.88. The highest BCUT2D eigenvalue weighted by molar-refractivity contribution is 14.0. The smallest absolute Gasteiger partial charge is 0.191 e. The number of hydrogen-bond donors (Lipinski definition) is 3. The van der Waals surface area contributed by atoms with Crippen molar-refractivity contribution < 1.29 is 4.39 Å². The minimum atomic E-state index is -0.180. The average molecular weight is 452 g/mol. The largest absolute Gasteiger partial charge is 0.357 e. The van der Waals surface area contributed by atoms with Crippen molar-refractivity contribution in [2.45, 2.75) is 20.0 Å². The van der Waals surface area contributed by atoms with Crippen molar-refractivity contribution in [1.82, 2.24) is 15.6 Å². The predicted molar refractivity (Wildman–Crippen MR) is 112 cm³/mol. The van der Waals surface area contributed by atoms with Crippen molar-refractivity contribution in [1.29, 1.82) is 0 Å². The number of nitrogens with one attached hydrogen (secondary N) is 3. The summed E-state index contributed by atoms with van der Waals surface area (Å²) in [5, 5.41) is 7.71. The molecule has 132 valence electrons. The van der Waals surface area contributed by atoms with Gasteiger partial charge in [-0.3, -0.25) is 4.99 Å². The first-order chi connectivity index (χ1) is 11.7. The van der Waals surface area contributed by atoms with Crippen LogP contribution in [0.2, 0.25) is 0 Å². The van der Waals surface area contributed by atoms with Gasteiger partial charge < -0.3 is 15.6 Å². The van der Waals surface area contributed by atoms with E-state index in [4.69, 9.17) is 0 Å². The number of rotatable bonds is 4. The fourth-order valence-electron chi connectivity index (χ4n) is 2.63. The number of aromatic nitrogens is 1. The Kier molecular flexibility index (Phi) is 6.81. The van der Waals surface area contributed by atoms with Crippen LogP contribution in [0.25, 0.3) is 10.9 Å². The van der Waals surface area contributed by atoms with Gasteiger partial charge in [-0.15, -0.1) is 24.0 Å². The maximum Gasteiger partial charge on any atom is 0.191 e. The molecule has 0 amide bonds. The number of aryl methyl sites for hydroxylation is 1. The van der Waals surface area contributed by atoms with E-state index in [2.05, 4.69) is 38.8 Å². The second-order valence-electron chi connectivity index (χ2n) is 5.74. The van der Waals surface area contributed by atoms with Gasteiger partial charge in [0.15, 0.2) is 5.96 Å². The molecule has 0 fully saturated rings. The van der Waals surface area contributed by atoms with Gasteiger partial charge in [0.25, 0.3) is 0 Å².